The molecule has 1 rings (SSSR count). The van der Waals surface area contributed by atoms with Crippen LogP contribution in [-0.4, -0.2) is 6.03 Å². The normalized spacial score (nSPS) is 9.71. The average molecular weight is 198 g/mol. The lowest BCUT2D eigenvalue weighted by Gasteiger charge is -2.16. The first kappa shape index (κ1) is 10.4. The fourth-order valence-corrected chi connectivity index (χ4v) is 0.986. The highest BCUT2D eigenvalue weighted by molar-refractivity contribution is 5.90. The molecule has 2 amide bonds. The van der Waals surface area contributed by atoms with Crippen molar-refractivity contribution in [2.75, 3.05) is 5.01 Å². The molecule has 1 aromatic rings. The van der Waals surface area contributed by atoms with Gasteiger partial charge in [0.25, 0.3) is 0 Å². The van der Waals surface area contributed by atoms with Gasteiger partial charge in [0.1, 0.15) is 5.82 Å². The summed E-state index contributed by atoms with van der Waals surface area (Å²) in [6.07, 6.45) is 0. The number of hydrogen-bond acceptors (Lipinski definition) is 3. The van der Waals surface area contributed by atoms with Crippen molar-refractivity contribution in [1.29, 1.82) is 0 Å². The molecular formula is C8H11FN4O. The van der Waals surface area contributed by atoms with Gasteiger partial charge in [-0.25, -0.2) is 25.9 Å². The molecule has 6 heteroatoms. The summed E-state index contributed by atoms with van der Waals surface area (Å²) in [7, 11) is 0. The maximum absolute atomic E-state index is 13.3. The predicted molar refractivity (Wildman–Crippen MR) is 50.5 cm³/mol. The van der Waals surface area contributed by atoms with E-state index in [0.29, 0.717) is 5.01 Å². The van der Waals surface area contributed by atoms with Crippen LogP contribution < -0.4 is 22.1 Å². The first-order valence-corrected chi connectivity index (χ1v) is 3.88. The highest BCUT2D eigenvalue weighted by Crippen LogP contribution is 2.17. The Morgan fingerprint density at radius 2 is 2.21 bits per heavy atom. The Kier molecular flexibility index (Phi) is 3.00. The van der Waals surface area contributed by atoms with E-state index in [9.17, 15) is 9.18 Å². The van der Waals surface area contributed by atoms with E-state index in [0.717, 1.165) is 5.56 Å². The number of hydrogen-bond donors (Lipinski definition) is 3. The molecule has 0 saturated heterocycles. The van der Waals surface area contributed by atoms with Crippen LogP contribution in [0.4, 0.5) is 14.9 Å². The first-order valence-electron chi connectivity index (χ1n) is 3.88. The van der Waals surface area contributed by atoms with Crippen molar-refractivity contribution in [1.82, 2.24) is 5.43 Å². The Hall–Kier alpha value is -1.66. The molecule has 5 nitrogen and oxygen atoms in total. The van der Waals surface area contributed by atoms with Crippen molar-refractivity contribution in [3.05, 3.63) is 29.6 Å². The quantitative estimate of drug-likeness (QED) is 0.347. The fraction of sp³-hybridized carbons (Fsp3) is 0.125. The predicted octanol–water partition coefficient (Wildman–Crippen LogP) is 0.398. The van der Waals surface area contributed by atoms with E-state index >= 15 is 0 Å². The van der Waals surface area contributed by atoms with Crippen LogP contribution in [0.5, 0.6) is 0 Å². The van der Waals surface area contributed by atoms with E-state index in [4.69, 9.17) is 11.7 Å². The van der Waals surface area contributed by atoms with E-state index in [1.807, 2.05) is 0 Å². The van der Waals surface area contributed by atoms with Crippen LogP contribution in [0, 0.1) is 12.7 Å². The number of anilines is 1. The number of nitrogens with one attached hydrogen (secondary N) is 1. The van der Waals surface area contributed by atoms with Crippen molar-refractivity contribution >= 4 is 11.7 Å². The molecular weight excluding hydrogens is 187 g/mol. The van der Waals surface area contributed by atoms with Crippen LogP contribution in [0.2, 0.25) is 0 Å². The molecule has 0 spiro atoms. The Balaban J connectivity index is 3.01. The van der Waals surface area contributed by atoms with Gasteiger partial charge < -0.3 is 0 Å². The van der Waals surface area contributed by atoms with Gasteiger partial charge in [0, 0.05) is 0 Å². The number of rotatable bonds is 1. The zero-order chi connectivity index (χ0) is 10.7. The molecule has 0 aliphatic heterocycles. The summed E-state index contributed by atoms with van der Waals surface area (Å²) in [6.45, 7) is 1.73. The van der Waals surface area contributed by atoms with E-state index < -0.39 is 11.8 Å². The highest BCUT2D eigenvalue weighted by atomic mass is 19.1. The van der Waals surface area contributed by atoms with E-state index in [1.54, 1.807) is 18.4 Å². The lowest BCUT2D eigenvalue weighted by molar-refractivity contribution is 0.246. The second-order valence-corrected chi connectivity index (χ2v) is 2.77. The van der Waals surface area contributed by atoms with Gasteiger partial charge in [-0.15, -0.1) is 0 Å². The minimum absolute atomic E-state index is 0.0291. The number of amides is 2. The second kappa shape index (κ2) is 4.03. The first-order chi connectivity index (χ1) is 6.56. The van der Waals surface area contributed by atoms with Gasteiger partial charge >= 0.3 is 6.03 Å². The summed E-state index contributed by atoms with van der Waals surface area (Å²) in [4.78, 5) is 10.9. The van der Waals surface area contributed by atoms with Crippen molar-refractivity contribution < 1.29 is 9.18 Å². The second-order valence-electron chi connectivity index (χ2n) is 2.77. The fourth-order valence-electron chi connectivity index (χ4n) is 0.986. The van der Waals surface area contributed by atoms with Crippen LogP contribution in [0.3, 0.4) is 0 Å². The summed E-state index contributed by atoms with van der Waals surface area (Å²) in [5.74, 6) is 9.57. The molecule has 0 saturated carbocycles. The third-order valence-electron chi connectivity index (χ3n) is 1.70. The third-order valence-corrected chi connectivity index (χ3v) is 1.70. The van der Waals surface area contributed by atoms with Gasteiger partial charge in [0.2, 0.25) is 0 Å². The molecule has 0 aliphatic carbocycles. The Labute approximate surface area is 80.4 Å². The van der Waals surface area contributed by atoms with Crippen LogP contribution in [0.15, 0.2) is 18.2 Å². The maximum Gasteiger partial charge on any atom is 0.350 e. The summed E-state index contributed by atoms with van der Waals surface area (Å²) >= 11 is 0. The Morgan fingerprint density at radius 1 is 1.57 bits per heavy atom. The number of hydrazine groups is 2. The number of carbonyl (C=O) groups excluding carboxylic acids is 1. The number of nitrogens with two attached hydrogens (primary N) is 2. The van der Waals surface area contributed by atoms with Gasteiger partial charge in [0.15, 0.2) is 0 Å². The lowest BCUT2D eigenvalue weighted by Crippen LogP contribution is -2.48. The van der Waals surface area contributed by atoms with E-state index in [-0.39, 0.29) is 5.69 Å². The van der Waals surface area contributed by atoms with Crippen molar-refractivity contribution in [2.24, 2.45) is 11.7 Å². The van der Waals surface area contributed by atoms with Crippen LogP contribution in [0.25, 0.3) is 0 Å². The minimum Gasteiger partial charge on any atom is -0.274 e. The smallest absolute Gasteiger partial charge is 0.274 e. The molecule has 0 aromatic heterocycles. The summed E-state index contributed by atoms with van der Waals surface area (Å²) in [5.41, 5.74) is 2.51. The van der Waals surface area contributed by atoms with Crippen molar-refractivity contribution in [2.45, 2.75) is 6.92 Å². The zero-order valence-corrected chi connectivity index (χ0v) is 7.62. The average Bonchev–Trinajstić information content (AvgIpc) is 2.15. The molecule has 76 valence electrons. The number of aryl methyl sites for hydroxylation is 1. The Morgan fingerprint density at radius 3 is 2.71 bits per heavy atom. The number of benzene rings is 1. The van der Waals surface area contributed by atoms with E-state index in [2.05, 4.69) is 0 Å². The van der Waals surface area contributed by atoms with Gasteiger partial charge in [0.05, 0.1) is 5.69 Å². The minimum atomic E-state index is -0.784. The van der Waals surface area contributed by atoms with Crippen molar-refractivity contribution in [3.8, 4) is 0 Å². The summed E-state index contributed by atoms with van der Waals surface area (Å²) in [6, 6.07) is 3.54. The summed E-state index contributed by atoms with van der Waals surface area (Å²) in [5, 5.41) is 0.606. The van der Waals surface area contributed by atoms with Crippen molar-refractivity contribution in [3.63, 3.8) is 0 Å². The van der Waals surface area contributed by atoms with Crippen LogP contribution >= 0.6 is 0 Å². The van der Waals surface area contributed by atoms with Gasteiger partial charge in [-0.05, 0) is 24.6 Å². The highest BCUT2D eigenvalue weighted by Gasteiger charge is 2.13. The van der Waals surface area contributed by atoms with E-state index in [1.165, 1.54) is 12.1 Å². The number of urea groups is 1. The lowest BCUT2D eigenvalue weighted by atomic mass is 10.2. The molecule has 14 heavy (non-hydrogen) atoms. The molecule has 0 unspecified atom stereocenters. The number of halogens is 1. The van der Waals surface area contributed by atoms with Gasteiger partial charge in [-0.1, -0.05) is 6.07 Å². The Bertz CT molecular complexity index is 355. The molecule has 0 atom stereocenters. The SMILES string of the molecule is Cc1ccc(N(N)C(=O)NN)c(F)c1. The molecule has 1 aromatic carbocycles. The maximum atomic E-state index is 13.3. The van der Waals surface area contributed by atoms with Crippen LogP contribution in [-0.2, 0) is 0 Å². The topological polar surface area (TPSA) is 84.4 Å². The van der Waals surface area contributed by atoms with Gasteiger partial charge in [-0.2, -0.15) is 0 Å². The monoisotopic (exact) mass is 198 g/mol. The molecule has 0 fully saturated rings. The largest absolute Gasteiger partial charge is 0.350 e. The zero-order valence-electron chi connectivity index (χ0n) is 7.62. The number of carbonyl (C=O) groups is 1. The van der Waals surface area contributed by atoms with Gasteiger partial charge in [-0.3, -0.25) is 5.43 Å². The summed E-state index contributed by atoms with van der Waals surface area (Å²) < 4.78 is 13.3. The molecule has 0 aliphatic rings. The standard InChI is InChI=1S/C8H11FN4O/c1-5-2-3-7(6(9)4-5)13(11)8(14)12-10/h2-4H,10-11H2,1H3,(H,12,14). The third kappa shape index (κ3) is 1.98. The molecule has 5 N–H and O–H groups in total. The van der Waals surface area contributed by atoms with Crippen LogP contribution in [0.1, 0.15) is 5.56 Å². The molecule has 0 radical (unpaired) electrons. The molecule has 0 heterocycles. The number of nitrogens with zero attached hydrogens (tertiary/aromatic N) is 1. The molecule has 0 bridgehead atoms.